The van der Waals surface area contributed by atoms with Gasteiger partial charge in [-0.1, -0.05) is 13.0 Å². The smallest absolute Gasteiger partial charge is 0.125 e. The predicted molar refractivity (Wildman–Crippen MR) is 63.0 cm³/mol. The molecule has 1 fully saturated rings. The highest BCUT2D eigenvalue weighted by Gasteiger charge is 2.15. The van der Waals surface area contributed by atoms with Gasteiger partial charge in [0.2, 0.25) is 0 Å². The number of nitrogens with zero attached hydrogens (tertiary/aromatic N) is 1. The van der Waals surface area contributed by atoms with Crippen LogP contribution in [0, 0.1) is 0 Å². The summed E-state index contributed by atoms with van der Waals surface area (Å²) < 4.78 is 0. The molecule has 1 aromatic heterocycles. The molecule has 2 rings (SSSR count). The molecule has 15 heavy (non-hydrogen) atoms. The van der Waals surface area contributed by atoms with Crippen molar-refractivity contribution in [3.05, 3.63) is 23.9 Å². The van der Waals surface area contributed by atoms with Crippen molar-refractivity contribution >= 4 is 5.82 Å². The third-order valence-electron chi connectivity index (χ3n) is 2.81. The molecule has 3 nitrogen and oxygen atoms in total. The Hall–Kier alpha value is -1.09. The van der Waals surface area contributed by atoms with E-state index in [2.05, 4.69) is 34.7 Å². The first kappa shape index (κ1) is 10.4. The van der Waals surface area contributed by atoms with Crippen molar-refractivity contribution in [3.8, 4) is 0 Å². The lowest BCUT2D eigenvalue weighted by molar-refractivity contribution is 0.645. The average molecular weight is 205 g/mol. The molecule has 0 spiro atoms. The molecule has 2 heterocycles. The Kier molecular flexibility index (Phi) is 3.56. The maximum absolute atomic E-state index is 4.41. The monoisotopic (exact) mass is 205 g/mol. The topological polar surface area (TPSA) is 37.0 Å². The van der Waals surface area contributed by atoms with Gasteiger partial charge < -0.3 is 10.6 Å². The molecule has 0 radical (unpaired) electrons. The first-order valence-corrected chi connectivity index (χ1v) is 5.83. The van der Waals surface area contributed by atoms with Gasteiger partial charge in [-0.15, -0.1) is 0 Å². The summed E-state index contributed by atoms with van der Waals surface area (Å²) in [6.07, 6.45) is 5.64. The molecule has 2 N–H and O–H groups in total. The fourth-order valence-electron chi connectivity index (χ4n) is 1.94. The van der Waals surface area contributed by atoms with Crippen molar-refractivity contribution in [1.29, 1.82) is 0 Å². The van der Waals surface area contributed by atoms with Crippen LogP contribution in [0.25, 0.3) is 0 Å². The standard InChI is InChI=1S/C12H19N3/c1-2-7-14-12-6-5-10(9-15-12)11-4-3-8-13-11/h5-6,9,11,13H,2-4,7-8H2,1H3,(H,14,15)/t11-/m1/s1. The molecular formula is C12H19N3. The number of anilines is 1. The Labute approximate surface area is 91.3 Å². The maximum atomic E-state index is 4.41. The summed E-state index contributed by atoms with van der Waals surface area (Å²) >= 11 is 0. The van der Waals surface area contributed by atoms with E-state index in [0.29, 0.717) is 6.04 Å². The Morgan fingerprint density at radius 3 is 3.07 bits per heavy atom. The van der Waals surface area contributed by atoms with E-state index in [0.717, 1.165) is 25.3 Å². The molecule has 1 aliphatic rings. The van der Waals surface area contributed by atoms with Crippen LogP contribution < -0.4 is 10.6 Å². The average Bonchev–Trinajstić information content (AvgIpc) is 2.80. The van der Waals surface area contributed by atoms with Gasteiger partial charge in [0.15, 0.2) is 0 Å². The highest BCUT2D eigenvalue weighted by atomic mass is 15.0. The Balaban J connectivity index is 1.96. The zero-order valence-corrected chi connectivity index (χ0v) is 9.29. The molecule has 1 aromatic rings. The van der Waals surface area contributed by atoms with Crippen LogP contribution >= 0.6 is 0 Å². The van der Waals surface area contributed by atoms with Crippen LogP contribution in [0.15, 0.2) is 18.3 Å². The maximum Gasteiger partial charge on any atom is 0.125 e. The van der Waals surface area contributed by atoms with Crippen LogP contribution in [0.2, 0.25) is 0 Å². The number of hydrogen-bond acceptors (Lipinski definition) is 3. The summed E-state index contributed by atoms with van der Waals surface area (Å²) in [7, 11) is 0. The lowest BCUT2D eigenvalue weighted by Gasteiger charge is -2.10. The Morgan fingerprint density at radius 1 is 1.53 bits per heavy atom. The van der Waals surface area contributed by atoms with Crippen LogP contribution in [0.3, 0.4) is 0 Å². The highest BCUT2D eigenvalue weighted by Crippen LogP contribution is 2.22. The molecule has 0 aromatic carbocycles. The van der Waals surface area contributed by atoms with E-state index in [-0.39, 0.29) is 0 Å². The molecule has 0 unspecified atom stereocenters. The van der Waals surface area contributed by atoms with E-state index in [1.165, 1.54) is 18.4 Å². The predicted octanol–water partition coefficient (Wildman–Crippen LogP) is 2.33. The van der Waals surface area contributed by atoms with Crippen molar-refractivity contribution in [3.63, 3.8) is 0 Å². The molecule has 0 aliphatic carbocycles. The second-order valence-corrected chi connectivity index (χ2v) is 4.05. The molecule has 0 saturated carbocycles. The van der Waals surface area contributed by atoms with Crippen molar-refractivity contribution < 1.29 is 0 Å². The molecule has 0 amide bonds. The molecule has 1 atom stereocenters. The summed E-state index contributed by atoms with van der Waals surface area (Å²) in [5.74, 6) is 0.985. The number of rotatable bonds is 4. The van der Waals surface area contributed by atoms with E-state index < -0.39 is 0 Å². The van der Waals surface area contributed by atoms with Crippen LogP contribution in [0.5, 0.6) is 0 Å². The van der Waals surface area contributed by atoms with E-state index in [1.807, 2.05) is 6.20 Å². The molecular weight excluding hydrogens is 186 g/mol. The van der Waals surface area contributed by atoms with Crippen molar-refractivity contribution in [2.24, 2.45) is 0 Å². The Bertz CT molecular complexity index is 288. The van der Waals surface area contributed by atoms with Gasteiger partial charge in [-0.3, -0.25) is 0 Å². The van der Waals surface area contributed by atoms with Crippen LogP contribution in [-0.4, -0.2) is 18.1 Å². The van der Waals surface area contributed by atoms with Crippen molar-refractivity contribution in [2.75, 3.05) is 18.4 Å². The third-order valence-corrected chi connectivity index (χ3v) is 2.81. The second-order valence-electron chi connectivity index (χ2n) is 4.05. The largest absolute Gasteiger partial charge is 0.370 e. The summed E-state index contributed by atoms with van der Waals surface area (Å²) in [5.41, 5.74) is 1.31. The first-order chi connectivity index (χ1) is 7.40. The third kappa shape index (κ3) is 2.69. The summed E-state index contributed by atoms with van der Waals surface area (Å²) in [6.45, 7) is 4.29. The molecule has 1 aliphatic heterocycles. The van der Waals surface area contributed by atoms with E-state index in [9.17, 15) is 0 Å². The summed E-state index contributed by atoms with van der Waals surface area (Å²) in [5, 5.41) is 6.76. The number of aromatic nitrogens is 1. The van der Waals surface area contributed by atoms with Gasteiger partial charge in [0.05, 0.1) is 0 Å². The van der Waals surface area contributed by atoms with Crippen LogP contribution in [-0.2, 0) is 0 Å². The van der Waals surface area contributed by atoms with E-state index in [4.69, 9.17) is 0 Å². The van der Waals surface area contributed by atoms with Crippen molar-refractivity contribution in [1.82, 2.24) is 10.3 Å². The van der Waals surface area contributed by atoms with E-state index in [1.54, 1.807) is 0 Å². The zero-order valence-electron chi connectivity index (χ0n) is 9.29. The fraction of sp³-hybridized carbons (Fsp3) is 0.583. The van der Waals surface area contributed by atoms with Gasteiger partial charge >= 0.3 is 0 Å². The summed E-state index contributed by atoms with van der Waals surface area (Å²) in [4.78, 5) is 4.41. The van der Waals surface area contributed by atoms with Gasteiger partial charge in [-0.25, -0.2) is 4.98 Å². The lowest BCUT2D eigenvalue weighted by atomic mass is 10.1. The summed E-state index contributed by atoms with van der Waals surface area (Å²) in [6, 6.07) is 4.77. The quantitative estimate of drug-likeness (QED) is 0.792. The second kappa shape index (κ2) is 5.12. The van der Waals surface area contributed by atoms with Gasteiger partial charge in [0.25, 0.3) is 0 Å². The molecule has 3 heteroatoms. The first-order valence-electron chi connectivity index (χ1n) is 5.83. The van der Waals surface area contributed by atoms with Crippen molar-refractivity contribution in [2.45, 2.75) is 32.2 Å². The van der Waals surface area contributed by atoms with Gasteiger partial charge in [-0.2, -0.15) is 0 Å². The normalized spacial score (nSPS) is 20.5. The fourth-order valence-corrected chi connectivity index (χ4v) is 1.94. The minimum Gasteiger partial charge on any atom is -0.370 e. The van der Waals surface area contributed by atoms with Gasteiger partial charge in [-0.05, 0) is 37.4 Å². The van der Waals surface area contributed by atoms with Crippen LogP contribution in [0.1, 0.15) is 37.8 Å². The number of nitrogens with one attached hydrogen (secondary N) is 2. The lowest BCUT2D eigenvalue weighted by Crippen LogP contribution is -2.13. The molecule has 0 bridgehead atoms. The zero-order chi connectivity index (χ0) is 10.5. The molecule has 1 saturated heterocycles. The number of hydrogen-bond donors (Lipinski definition) is 2. The minimum atomic E-state index is 0.526. The van der Waals surface area contributed by atoms with Gasteiger partial charge in [0, 0.05) is 18.8 Å². The van der Waals surface area contributed by atoms with Gasteiger partial charge in [0.1, 0.15) is 5.82 Å². The van der Waals surface area contributed by atoms with Crippen LogP contribution in [0.4, 0.5) is 5.82 Å². The molecule has 82 valence electrons. The van der Waals surface area contributed by atoms with E-state index >= 15 is 0 Å². The number of pyridine rings is 1. The SMILES string of the molecule is CCCNc1ccc([C@H]2CCCN2)cn1. The minimum absolute atomic E-state index is 0.526. The highest BCUT2D eigenvalue weighted by molar-refractivity contribution is 5.36. The Morgan fingerprint density at radius 2 is 2.47 bits per heavy atom.